The molecule has 2 aromatic rings. The molecular weight excluding hydrogens is 372 g/mol. The molecular formula is C18H23F2N5O3. The van der Waals surface area contributed by atoms with Crippen molar-refractivity contribution in [3.05, 3.63) is 38.4 Å². The number of hydrogen-bond donors (Lipinski definition) is 2. The van der Waals surface area contributed by atoms with Crippen molar-refractivity contribution in [2.24, 2.45) is 11.7 Å². The lowest BCUT2D eigenvalue weighted by atomic mass is 10.0. The number of halogens is 2. The van der Waals surface area contributed by atoms with Crippen LogP contribution in [0.15, 0.2) is 15.8 Å². The molecule has 8 nitrogen and oxygen atoms in total. The van der Waals surface area contributed by atoms with Crippen LogP contribution in [-0.4, -0.2) is 41.5 Å². The van der Waals surface area contributed by atoms with Crippen molar-refractivity contribution in [3.8, 4) is 5.75 Å². The maximum atomic E-state index is 15.1. The summed E-state index contributed by atoms with van der Waals surface area (Å²) in [5, 5.41) is 0. The number of hydrogen-bond acceptors (Lipinski definition) is 6. The van der Waals surface area contributed by atoms with Gasteiger partial charge >= 0.3 is 5.69 Å². The van der Waals surface area contributed by atoms with Gasteiger partial charge in [0.25, 0.3) is 5.56 Å². The Morgan fingerprint density at radius 1 is 1.29 bits per heavy atom. The smallest absolute Gasteiger partial charge is 0.354 e. The number of ether oxygens (including phenoxy) is 1. The lowest BCUT2D eigenvalue weighted by molar-refractivity contribution is 0.259. The van der Waals surface area contributed by atoms with Gasteiger partial charge in [0.2, 0.25) is 0 Å². The Kier molecular flexibility index (Phi) is 4.33. The summed E-state index contributed by atoms with van der Waals surface area (Å²) in [5.41, 5.74) is 4.91. The first-order valence-corrected chi connectivity index (χ1v) is 9.23. The molecule has 1 aliphatic carbocycles. The molecule has 2 fully saturated rings. The van der Waals surface area contributed by atoms with E-state index in [4.69, 9.17) is 16.3 Å². The van der Waals surface area contributed by atoms with E-state index in [0.717, 1.165) is 23.4 Å². The number of aromatic nitrogens is 2. The fourth-order valence-electron chi connectivity index (χ4n) is 4.10. The van der Waals surface area contributed by atoms with Crippen molar-refractivity contribution in [1.29, 1.82) is 0 Å². The molecule has 2 aromatic heterocycles. The van der Waals surface area contributed by atoms with Gasteiger partial charge in [0.05, 0.1) is 18.9 Å². The molecule has 2 aliphatic rings. The quantitative estimate of drug-likeness (QED) is 0.722. The van der Waals surface area contributed by atoms with E-state index in [9.17, 15) is 14.0 Å². The highest BCUT2D eigenvalue weighted by Crippen LogP contribution is 2.45. The minimum absolute atomic E-state index is 0.0313. The molecule has 3 atom stereocenters. The van der Waals surface area contributed by atoms with Crippen molar-refractivity contribution >= 4 is 11.2 Å². The van der Waals surface area contributed by atoms with Gasteiger partial charge in [-0.2, -0.15) is 4.68 Å². The van der Waals surface area contributed by atoms with Gasteiger partial charge < -0.3 is 21.2 Å². The molecule has 0 bridgehead atoms. The van der Waals surface area contributed by atoms with E-state index in [0.29, 0.717) is 10.2 Å². The van der Waals surface area contributed by atoms with Crippen LogP contribution in [-0.2, 0) is 0 Å². The Balaban J connectivity index is 2.00. The van der Waals surface area contributed by atoms with Crippen molar-refractivity contribution in [3.63, 3.8) is 0 Å². The molecule has 0 radical (unpaired) electrons. The monoisotopic (exact) mass is 395 g/mol. The van der Waals surface area contributed by atoms with Crippen LogP contribution in [0.3, 0.4) is 0 Å². The number of fused-ring (bicyclic) bond motifs is 1. The molecule has 152 valence electrons. The van der Waals surface area contributed by atoms with E-state index in [-0.39, 0.29) is 36.0 Å². The third-order valence-corrected chi connectivity index (χ3v) is 5.73. The van der Waals surface area contributed by atoms with Gasteiger partial charge in [-0.05, 0) is 25.7 Å². The number of methoxy groups -OCH3 is 1. The predicted molar refractivity (Wildman–Crippen MR) is 101 cm³/mol. The zero-order chi connectivity index (χ0) is 20.3. The summed E-state index contributed by atoms with van der Waals surface area (Å²) in [7, 11) is 1.33. The maximum absolute atomic E-state index is 15.1. The third kappa shape index (κ3) is 2.66. The number of anilines is 1. The normalized spacial score (nSPS) is 23.4. The molecule has 10 heteroatoms. The Morgan fingerprint density at radius 2 is 1.96 bits per heavy atom. The predicted octanol–water partition coefficient (Wildman–Crippen LogP) is 0.322. The molecule has 4 N–H and O–H groups in total. The summed E-state index contributed by atoms with van der Waals surface area (Å²) in [5.74, 6) is 4.37. The Bertz CT molecular complexity index is 1060. The highest BCUT2D eigenvalue weighted by atomic mass is 19.1. The highest BCUT2D eigenvalue weighted by Gasteiger charge is 2.39. The van der Waals surface area contributed by atoms with E-state index < -0.39 is 35.2 Å². The first-order chi connectivity index (χ1) is 13.3. The van der Waals surface area contributed by atoms with E-state index in [2.05, 4.69) is 0 Å². The fraction of sp³-hybridized carbons (Fsp3) is 0.556. The topological polar surface area (TPSA) is 108 Å². The first-order valence-electron chi connectivity index (χ1n) is 9.23. The summed E-state index contributed by atoms with van der Waals surface area (Å²) in [4.78, 5) is 26.7. The Labute approximate surface area is 159 Å². The van der Waals surface area contributed by atoms with Crippen LogP contribution in [0.1, 0.15) is 31.2 Å². The molecule has 0 aromatic carbocycles. The number of rotatable bonds is 4. The summed E-state index contributed by atoms with van der Waals surface area (Å²) < 4.78 is 36.5. The molecule has 0 spiro atoms. The molecule has 0 amide bonds. The summed E-state index contributed by atoms with van der Waals surface area (Å²) in [6.07, 6.45) is 1.29. The molecule has 28 heavy (non-hydrogen) atoms. The number of nitrogen functional groups attached to an aromatic ring is 1. The Hall–Kier alpha value is -2.62. The maximum Gasteiger partial charge on any atom is 0.354 e. The highest BCUT2D eigenvalue weighted by molar-refractivity contribution is 5.78. The van der Waals surface area contributed by atoms with E-state index in [1.165, 1.54) is 12.0 Å². The number of pyridine rings is 1. The molecule has 4 rings (SSSR count). The molecule has 1 aliphatic heterocycles. The van der Waals surface area contributed by atoms with E-state index in [1.807, 2.05) is 0 Å². The summed E-state index contributed by atoms with van der Waals surface area (Å²) in [6.45, 7) is 1.87. The zero-order valence-corrected chi connectivity index (χ0v) is 15.7. The minimum atomic E-state index is -1.22. The van der Waals surface area contributed by atoms with Crippen molar-refractivity contribution in [1.82, 2.24) is 9.08 Å². The van der Waals surface area contributed by atoms with Crippen LogP contribution in [0.2, 0.25) is 0 Å². The number of nitrogens with two attached hydrogens (primary N) is 2. The van der Waals surface area contributed by atoms with Crippen molar-refractivity contribution in [2.45, 2.75) is 37.9 Å². The van der Waals surface area contributed by atoms with Gasteiger partial charge in [-0.1, -0.05) is 0 Å². The Morgan fingerprint density at radius 3 is 2.50 bits per heavy atom. The fourth-order valence-corrected chi connectivity index (χ4v) is 4.10. The van der Waals surface area contributed by atoms with Gasteiger partial charge in [-0.3, -0.25) is 9.20 Å². The van der Waals surface area contributed by atoms with Crippen LogP contribution >= 0.6 is 0 Å². The lowest BCUT2D eigenvalue weighted by Crippen LogP contribution is -2.44. The van der Waals surface area contributed by atoms with Crippen molar-refractivity contribution in [2.75, 3.05) is 30.9 Å². The van der Waals surface area contributed by atoms with Crippen LogP contribution in [0, 0.1) is 11.7 Å². The molecule has 3 unspecified atom stereocenters. The summed E-state index contributed by atoms with van der Waals surface area (Å²) >= 11 is 0. The van der Waals surface area contributed by atoms with Crippen LogP contribution < -0.4 is 32.5 Å². The van der Waals surface area contributed by atoms with Gasteiger partial charge in [-0.15, -0.1) is 0 Å². The largest absolute Gasteiger partial charge is 0.492 e. The van der Waals surface area contributed by atoms with Crippen molar-refractivity contribution < 1.29 is 13.5 Å². The lowest BCUT2D eigenvalue weighted by Gasteiger charge is -2.24. The summed E-state index contributed by atoms with van der Waals surface area (Å²) in [6, 6.07) is -0.399. The molecule has 1 saturated carbocycles. The molecule has 1 saturated heterocycles. The molecule has 3 heterocycles. The van der Waals surface area contributed by atoms with Gasteiger partial charge in [0.1, 0.15) is 17.4 Å². The van der Waals surface area contributed by atoms with Crippen LogP contribution in [0.5, 0.6) is 5.75 Å². The average molecular weight is 395 g/mol. The minimum Gasteiger partial charge on any atom is -0.492 e. The van der Waals surface area contributed by atoms with Crippen LogP contribution in [0.25, 0.3) is 5.52 Å². The van der Waals surface area contributed by atoms with E-state index >= 15 is 4.39 Å². The van der Waals surface area contributed by atoms with Crippen LogP contribution in [0.4, 0.5) is 14.5 Å². The number of alkyl halides is 1. The second-order valence-corrected chi connectivity index (χ2v) is 7.67. The second kappa shape index (κ2) is 6.47. The standard InChI is InChI=1S/C18H23F2N5O3/c1-8(21)10-5-23(6-11(10)19)14-12(20)7-24-15(16(14)28-2)13(9-3-4-9)17(26)25(22)18(24)27/h7-11H,3-6,21-22H2,1-2H3. The number of nitrogens with zero attached hydrogens (tertiary/aromatic N) is 3. The third-order valence-electron chi connectivity index (χ3n) is 5.73. The van der Waals surface area contributed by atoms with Gasteiger partial charge in [-0.25, -0.2) is 13.6 Å². The van der Waals surface area contributed by atoms with Gasteiger partial charge in [0.15, 0.2) is 11.6 Å². The first kappa shape index (κ1) is 18.7. The average Bonchev–Trinajstić information content (AvgIpc) is 3.40. The van der Waals surface area contributed by atoms with E-state index in [1.54, 1.807) is 6.92 Å². The van der Waals surface area contributed by atoms with Gasteiger partial charge in [0, 0.05) is 25.0 Å². The second-order valence-electron chi connectivity index (χ2n) is 7.67. The zero-order valence-electron chi connectivity index (χ0n) is 15.7. The SMILES string of the molecule is COc1c(N2CC(F)C(C(C)N)C2)c(F)cn2c(=O)n(N)c(=O)c(C3CC3)c12.